The topological polar surface area (TPSA) is 55.4 Å². The van der Waals surface area contributed by atoms with Crippen molar-refractivity contribution in [1.82, 2.24) is 0 Å². The maximum atomic E-state index is 12.0. The highest BCUT2D eigenvalue weighted by atomic mass is 32.2. The summed E-state index contributed by atoms with van der Waals surface area (Å²) in [6.07, 6.45) is 0. The molecule has 2 aromatic carbocycles. The number of nitrogens with one attached hydrogen (secondary N) is 1. The number of anilines is 1. The number of ether oxygens (including phenoxy) is 1. The first-order chi connectivity index (χ1) is 12.1. The van der Waals surface area contributed by atoms with Gasteiger partial charge in [0.25, 0.3) is 5.91 Å². The Hall–Kier alpha value is -1.92. The molecule has 1 amide bonds. The fourth-order valence-electron chi connectivity index (χ4n) is 2.41. The molecule has 0 bridgehead atoms. The molecule has 1 N–H and O–H groups in total. The van der Waals surface area contributed by atoms with Crippen LogP contribution < -0.4 is 10.1 Å². The fourth-order valence-corrected chi connectivity index (χ4v) is 5.27. The lowest BCUT2D eigenvalue weighted by molar-refractivity contribution is -0.118. The van der Waals surface area contributed by atoms with Crippen molar-refractivity contribution in [2.75, 3.05) is 23.4 Å². The van der Waals surface area contributed by atoms with E-state index >= 15 is 0 Å². The number of thioether (sulfide) groups is 2. The summed E-state index contributed by atoms with van der Waals surface area (Å²) in [6, 6.07) is 14.7. The van der Waals surface area contributed by atoms with E-state index in [-0.39, 0.29) is 18.3 Å². The van der Waals surface area contributed by atoms with Crippen LogP contribution in [0.1, 0.15) is 27.4 Å². The largest absolute Gasteiger partial charge is 0.484 e. The second-order valence-electron chi connectivity index (χ2n) is 5.61. The molecule has 25 heavy (non-hydrogen) atoms. The summed E-state index contributed by atoms with van der Waals surface area (Å²) < 4.78 is 6.05. The van der Waals surface area contributed by atoms with Crippen LogP contribution in [0, 0.1) is 0 Å². The third-order valence-corrected chi connectivity index (χ3v) is 6.82. The van der Waals surface area contributed by atoms with E-state index in [2.05, 4.69) is 17.4 Å². The minimum absolute atomic E-state index is 0.000870. The van der Waals surface area contributed by atoms with E-state index < -0.39 is 0 Å². The molecule has 0 radical (unpaired) electrons. The lowest BCUT2D eigenvalue weighted by atomic mass is 10.1. The van der Waals surface area contributed by atoms with Gasteiger partial charge in [0.2, 0.25) is 0 Å². The van der Waals surface area contributed by atoms with Crippen LogP contribution in [-0.2, 0) is 4.79 Å². The van der Waals surface area contributed by atoms with Gasteiger partial charge in [-0.05, 0) is 48.9 Å². The number of hydrogen-bond donors (Lipinski definition) is 1. The van der Waals surface area contributed by atoms with Crippen LogP contribution >= 0.6 is 23.5 Å². The van der Waals surface area contributed by atoms with Gasteiger partial charge in [0.1, 0.15) is 5.75 Å². The SMILES string of the molecule is CC(=O)c1ccc(NC(=O)COc2ccc(C3SCCS3)cc2)cc1. The van der Waals surface area contributed by atoms with Gasteiger partial charge in [0.15, 0.2) is 12.4 Å². The summed E-state index contributed by atoms with van der Waals surface area (Å²) in [5.74, 6) is 2.84. The Morgan fingerprint density at radius 2 is 1.68 bits per heavy atom. The highest BCUT2D eigenvalue weighted by Gasteiger charge is 2.18. The lowest BCUT2D eigenvalue weighted by Crippen LogP contribution is -2.20. The molecule has 0 aliphatic carbocycles. The van der Waals surface area contributed by atoms with Crippen molar-refractivity contribution in [2.45, 2.75) is 11.5 Å². The molecule has 3 rings (SSSR count). The van der Waals surface area contributed by atoms with Crippen molar-refractivity contribution in [3.05, 3.63) is 59.7 Å². The van der Waals surface area contributed by atoms with Crippen LogP contribution in [0.2, 0.25) is 0 Å². The summed E-state index contributed by atoms with van der Waals surface area (Å²) in [6.45, 7) is 1.46. The molecule has 0 spiro atoms. The Bertz CT molecular complexity index is 738. The van der Waals surface area contributed by atoms with Crippen LogP contribution in [0.4, 0.5) is 5.69 Å². The number of Topliss-reactive ketones (excluding diaryl/α,β-unsaturated/α-hetero) is 1. The van der Waals surface area contributed by atoms with E-state index in [4.69, 9.17) is 4.74 Å². The molecule has 1 fully saturated rings. The molecule has 2 aromatic rings. The maximum Gasteiger partial charge on any atom is 0.262 e. The number of carbonyl (C=O) groups excluding carboxylic acids is 2. The molecule has 0 atom stereocenters. The molecule has 0 aromatic heterocycles. The maximum absolute atomic E-state index is 12.0. The third-order valence-electron chi connectivity index (χ3n) is 3.72. The molecule has 6 heteroatoms. The molecule has 1 aliphatic heterocycles. The molecule has 0 unspecified atom stereocenters. The smallest absolute Gasteiger partial charge is 0.262 e. The monoisotopic (exact) mass is 373 g/mol. The predicted molar refractivity (Wildman–Crippen MR) is 105 cm³/mol. The van der Waals surface area contributed by atoms with Gasteiger partial charge in [-0.2, -0.15) is 0 Å². The van der Waals surface area contributed by atoms with E-state index in [0.717, 1.165) is 0 Å². The van der Waals surface area contributed by atoms with Crippen molar-refractivity contribution >= 4 is 40.9 Å². The molecule has 1 aliphatic rings. The average Bonchev–Trinajstić information content (AvgIpc) is 3.15. The zero-order chi connectivity index (χ0) is 17.6. The summed E-state index contributed by atoms with van der Waals surface area (Å²) in [5.41, 5.74) is 2.55. The standard InChI is InChI=1S/C19H19NO3S2/c1-13(21)14-2-6-16(7-3-14)20-18(22)12-23-17-8-4-15(5-9-17)19-24-10-11-25-19/h2-9,19H,10-12H2,1H3,(H,20,22). The molecular weight excluding hydrogens is 354 g/mol. The van der Waals surface area contributed by atoms with E-state index in [9.17, 15) is 9.59 Å². The van der Waals surface area contributed by atoms with Gasteiger partial charge in [-0.15, -0.1) is 23.5 Å². The van der Waals surface area contributed by atoms with Crippen LogP contribution in [0.25, 0.3) is 0 Å². The third kappa shape index (κ3) is 5.03. The summed E-state index contributed by atoms with van der Waals surface area (Å²) in [4.78, 5) is 23.2. The average molecular weight is 373 g/mol. The first-order valence-electron chi connectivity index (χ1n) is 7.98. The Morgan fingerprint density at radius 1 is 1.04 bits per heavy atom. The van der Waals surface area contributed by atoms with Gasteiger partial charge >= 0.3 is 0 Å². The van der Waals surface area contributed by atoms with Crippen molar-refractivity contribution in [3.8, 4) is 5.75 Å². The fraction of sp³-hybridized carbons (Fsp3) is 0.263. The van der Waals surface area contributed by atoms with E-state index in [1.807, 2.05) is 35.7 Å². The second kappa shape index (κ2) is 8.45. The van der Waals surface area contributed by atoms with Gasteiger partial charge in [-0.25, -0.2) is 0 Å². The van der Waals surface area contributed by atoms with E-state index in [0.29, 0.717) is 21.6 Å². The molecule has 4 nitrogen and oxygen atoms in total. The van der Waals surface area contributed by atoms with Gasteiger partial charge in [0.05, 0.1) is 4.58 Å². The first-order valence-corrected chi connectivity index (χ1v) is 10.1. The number of ketones is 1. The Balaban J connectivity index is 1.49. The van der Waals surface area contributed by atoms with Crippen molar-refractivity contribution < 1.29 is 14.3 Å². The predicted octanol–water partition coefficient (Wildman–Crippen LogP) is 4.39. The second-order valence-corrected chi connectivity index (χ2v) is 8.34. The zero-order valence-corrected chi connectivity index (χ0v) is 15.5. The number of rotatable bonds is 6. The highest BCUT2D eigenvalue weighted by Crippen LogP contribution is 2.45. The Morgan fingerprint density at radius 3 is 2.28 bits per heavy atom. The van der Waals surface area contributed by atoms with Crippen LogP contribution in [0.3, 0.4) is 0 Å². The quantitative estimate of drug-likeness (QED) is 0.761. The van der Waals surface area contributed by atoms with Crippen LogP contribution in [-0.4, -0.2) is 29.8 Å². The number of amides is 1. The van der Waals surface area contributed by atoms with Crippen molar-refractivity contribution in [3.63, 3.8) is 0 Å². The molecule has 1 heterocycles. The molecule has 130 valence electrons. The van der Waals surface area contributed by atoms with Gasteiger partial charge in [-0.1, -0.05) is 12.1 Å². The molecular formula is C19H19NO3S2. The van der Waals surface area contributed by atoms with Gasteiger partial charge in [-0.3, -0.25) is 9.59 Å². The lowest BCUT2D eigenvalue weighted by Gasteiger charge is -2.10. The molecule has 1 saturated heterocycles. The summed E-state index contributed by atoms with van der Waals surface area (Å²) in [5, 5.41) is 2.75. The normalized spacial score (nSPS) is 14.3. The number of hydrogen-bond acceptors (Lipinski definition) is 5. The van der Waals surface area contributed by atoms with E-state index in [1.54, 1.807) is 24.3 Å². The minimum atomic E-state index is -0.235. The number of carbonyl (C=O) groups is 2. The van der Waals surface area contributed by atoms with E-state index in [1.165, 1.54) is 24.0 Å². The zero-order valence-electron chi connectivity index (χ0n) is 13.9. The first kappa shape index (κ1) is 17.9. The number of benzene rings is 2. The van der Waals surface area contributed by atoms with Crippen molar-refractivity contribution in [2.24, 2.45) is 0 Å². The minimum Gasteiger partial charge on any atom is -0.484 e. The van der Waals surface area contributed by atoms with Crippen molar-refractivity contribution in [1.29, 1.82) is 0 Å². The highest BCUT2D eigenvalue weighted by molar-refractivity contribution is 8.19. The molecule has 0 saturated carbocycles. The van der Waals surface area contributed by atoms with Gasteiger partial charge < -0.3 is 10.1 Å². The van der Waals surface area contributed by atoms with Crippen LogP contribution in [0.5, 0.6) is 5.75 Å². The Labute approximate surface area is 155 Å². The summed E-state index contributed by atoms with van der Waals surface area (Å²) >= 11 is 3.92. The Kier molecular flexibility index (Phi) is 6.04. The van der Waals surface area contributed by atoms with Gasteiger partial charge in [0, 0.05) is 22.8 Å². The van der Waals surface area contributed by atoms with Crippen LogP contribution in [0.15, 0.2) is 48.5 Å². The summed E-state index contributed by atoms with van der Waals surface area (Å²) in [7, 11) is 0.